The van der Waals surface area contributed by atoms with E-state index in [0.717, 1.165) is 0 Å². The molecule has 0 saturated heterocycles. The molecule has 0 saturated carbocycles. The van der Waals surface area contributed by atoms with Crippen LogP contribution >= 0.6 is 0 Å². The molecule has 0 fully saturated rings. The Morgan fingerprint density at radius 3 is 2.44 bits per heavy atom. The number of hydrogen-bond acceptors (Lipinski definition) is 4. The van der Waals surface area contributed by atoms with Crippen molar-refractivity contribution in [2.45, 2.75) is 20.3 Å². The van der Waals surface area contributed by atoms with Crippen LogP contribution in [0.1, 0.15) is 20.3 Å². The van der Waals surface area contributed by atoms with E-state index in [1.54, 1.807) is 6.92 Å². The maximum atomic E-state index is 11.8. The van der Waals surface area contributed by atoms with Crippen LogP contribution in [-0.2, 0) is 19.1 Å². The first-order chi connectivity index (χ1) is 7.47. The SMILES string of the molecule is COC(=O)[C@@H]1[C@H](C)C=CC[C@]1(C)C(=O)OC. The van der Waals surface area contributed by atoms with Crippen molar-refractivity contribution < 1.29 is 19.1 Å². The van der Waals surface area contributed by atoms with Crippen LogP contribution in [0.15, 0.2) is 12.2 Å². The summed E-state index contributed by atoms with van der Waals surface area (Å²) in [6.07, 6.45) is 4.36. The maximum Gasteiger partial charge on any atom is 0.312 e. The van der Waals surface area contributed by atoms with Crippen molar-refractivity contribution in [2.24, 2.45) is 17.3 Å². The molecule has 1 aliphatic rings. The molecule has 0 heterocycles. The summed E-state index contributed by atoms with van der Waals surface area (Å²) in [6.45, 7) is 3.65. The van der Waals surface area contributed by atoms with Gasteiger partial charge in [0.15, 0.2) is 0 Å². The summed E-state index contributed by atoms with van der Waals surface area (Å²) in [5.74, 6) is -1.22. The van der Waals surface area contributed by atoms with Crippen molar-refractivity contribution >= 4 is 11.9 Å². The van der Waals surface area contributed by atoms with Gasteiger partial charge in [0, 0.05) is 0 Å². The molecule has 1 rings (SSSR count). The van der Waals surface area contributed by atoms with Gasteiger partial charge in [-0.15, -0.1) is 0 Å². The van der Waals surface area contributed by atoms with E-state index in [9.17, 15) is 9.59 Å². The van der Waals surface area contributed by atoms with Crippen molar-refractivity contribution in [1.82, 2.24) is 0 Å². The standard InChI is InChI=1S/C12H18O4/c1-8-6-5-7-12(2,11(14)16-4)9(8)10(13)15-3/h5-6,8-9H,7H2,1-4H3/t8-,9+,12+/m1/s1. The van der Waals surface area contributed by atoms with Gasteiger partial charge in [-0.3, -0.25) is 9.59 Å². The molecule has 0 amide bonds. The summed E-state index contributed by atoms with van der Waals surface area (Å²) in [7, 11) is 2.68. The fraction of sp³-hybridized carbons (Fsp3) is 0.667. The van der Waals surface area contributed by atoms with E-state index in [1.165, 1.54) is 14.2 Å². The maximum absolute atomic E-state index is 11.8. The molecule has 0 unspecified atom stereocenters. The molecule has 0 aromatic heterocycles. The van der Waals surface area contributed by atoms with Gasteiger partial charge in [0.2, 0.25) is 0 Å². The van der Waals surface area contributed by atoms with Gasteiger partial charge in [-0.25, -0.2) is 0 Å². The van der Waals surface area contributed by atoms with Crippen LogP contribution in [0.5, 0.6) is 0 Å². The van der Waals surface area contributed by atoms with E-state index in [0.29, 0.717) is 6.42 Å². The van der Waals surface area contributed by atoms with Gasteiger partial charge in [0.25, 0.3) is 0 Å². The molecule has 0 spiro atoms. The third-order valence-corrected chi connectivity index (χ3v) is 3.30. The third kappa shape index (κ3) is 1.96. The van der Waals surface area contributed by atoms with Gasteiger partial charge in [-0.2, -0.15) is 0 Å². The van der Waals surface area contributed by atoms with Crippen LogP contribution in [0.4, 0.5) is 0 Å². The minimum Gasteiger partial charge on any atom is -0.469 e. The smallest absolute Gasteiger partial charge is 0.312 e. The van der Waals surface area contributed by atoms with Gasteiger partial charge in [-0.1, -0.05) is 19.1 Å². The van der Waals surface area contributed by atoms with Crippen molar-refractivity contribution in [3.8, 4) is 0 Å². The first kappa shape index (κ1) is 12.7. The second-order valence-electron chi connectivity index (χ2n) is 4.40. The van der Waals surface area contributed by atoms with E-state index in [1.807, 2.05) is 19.1 Å². The lowest BCUT2D eigenvalue weighted by Gasteiger charge is -2.37. The van der Waals surface area contributed by atoms with E-state index in [2.05, 4.69) is 0 Å². The molecule has 0 N–H and O–H groups in total. The van der Waals surface area contributed by atoms with Crippen molar-refractivity contribution in [3.63, 3.8) is 0 Å². The molecular weight excluding hydrogens is 208 g/mol. The van der Waals surface area contributed by atoms with Crippen molar-refractivity contribution in [1.29, 1.82) is 0 Å². The summed E-state index contributed by atoms with van der Waals surface area (Å²) >= 11 is 0. The zero-order valence-corrected chi connectivity index (χ0v) is 10.1. The highest BCUT2D eigenvalue weighted by molar-refractivity contribution is 5.86. The van der Waals surface area contributed by atoms with Crippen LogP contribution < -0.4 is 0 Å². The molecule has 3 atom stereocenters. The highest BCUT2D eigenvalue weighted by atomic mass is 16.5. The van der Waals surface area contributed by atoms with Gasteiger partial charge < -0.3 is 9.47 Å². The number of ether oxygens (including phenoxy) is 2. The predicted molar refractivity (Wildman–Crippen MR) is 58.6 cm³/mol. The molecule has 90 valence electrons. The van der Waals surface area contributed by atoms with Crippen LogP contribution in [0.2, 0.25) is 0 Å². The fourth-order valence-electron chi connectivity index (χ4n) is 2.39. The molecule has 4 heteroatoms. The molecule has 1 aliphatic carbocycles. The molecule has 0 aromatic rings. The van der Waals surface area contributed by atoms with Crippen molar-refractivity contribution in [3.05, 3.63) is 12.2 Å². The minimum absolute atomic E-state index is 0.0229. The molecule has 0 aromatic carbocycles. The zero-order chi connectivity index (χ0) is 12.3. The number of methoxy groups -OCH3 is 2. The highest BCUT2D eigenvalue weighted by Gasteiger charge is 2.49. The first-order valence-corrected chi connectivity index (χ1v) is 5.30. The highest BCUT2D eigenvalue weighted by Crippen LogP contribution is 2.42. The number of carbonyl (C=O) groups is 2. The van der Waals surface area contributed by atoms with E-state index in [4.69, 9.17) is 9.47 Å². The van der Waals surface area contributed by atoms with Gasteiger partial charge in [0.1, 0.15) is 0 Å². The summed E-state index contributed by atoms with van der Waals surface area (Å²) in [6, 6.07) is 0. The van der Waals surface area contributed by atoms with E-state index >= 15 is 0 Å². The van der Waals surface area contributed by atoms with Gasteiger partial charge in [0.05, 0.1) is 25.6 Å². The fourth-order valence-corrected chi connectivity index (χ4v) is 2.39. The lowest BCUT2D eigenvalue weighted by atomic mass is 9.66. The largest absolute Gasteiger partial charge is 0.469 e. The van der Waals surface area contributed by atoms with Crippen LogP contribution in [0.25, 0.3) is 0 Å². The molecule has 0 bridgehead atoms. The third-order valence-electron chi connectivity index (χ3n) is 3.30. The summed E-state index contributed by atoms with van der Waals surface area (Å²) in [5, 5.41) is 0. The Bertz CT molecular complexity index is 321. The number of esters is 2. The Balaban J connectivity index is 3.10. The average molecular weight is 226 g/mol. The van der Waals surface area contributed by atoms with Crippen molar-refractivity contribution in [2.75, 3.05) is 14.2 Å². The normalized spacial score (nSPS) is 33.2. The molecular formula is C12H18O4. The number of rotatable bonds is 2. The molecule has 4 nitrogen and oxygen atoms in total. The minimum atomic E-state index is -0.823. The lowest BCUT2D eigenvalue weighted by molar-refractivity contribution is -0.167. The van der Waals surface area contributed by atoms with Gasteiger partial charge in [-0.05, 0) is 19.3 Å². The molecule has 16 heavy (non-hydrogen) atoms. The lowest BCUT2D eigenvalue weighted by Crippen LogP contribution is -2.45. The Morgan fingerprint density at radius 2 is 1.94 bits per heavy atom. The Morgan fingerprint density at radius 1 is 1.31 bits per heavy atom. The topological polar surface area (TPSA) is 52.6 Å². The Labute approximate surface area is 95.6 Å². The Hall–Kier alpha value is -1.32. The quantitative estimate of drug-likeness (QED) is 0.529. The number of hydrogen-bond donors (Lipinski definition) is 0. The molecule has 0 radical (unpaired) electrons. The Kier molecular flexibility index (Phi) is 3.73. The predicted octanol–water partition coefficient (Wildman–Crippen LogP) is 1.55. The van der Waals surface area contributed by atoms with Crippen LogP contribution in [-0.4, -0.2) is 26.2 Å². The monoisotopic (exact) mass is 226 g/mol. The summed E-state index contributed by atoms with van der Waals surface area (Å²) < 4.78 is 9.55. The van der Waals surface area contributed by atoms with E-state index in [-0.39, 0.29) is 17.9 Å². The summed E-state index contributed by atoms with van der Waals surface area (Å²) in [5.41, 5.74) is -0.823. The average Bonchev–Trinajstić information content (AvgIpc) is 2.27. The molecule has 0 aliphatic heterocycles. The summed E-state index contributed by atoms with van der Waals surface area (Å²) in [4.78, 5) is 23.6. The zero-order valence-electron chi connectivity index (χ0n) is 10.1. The van der Waals surface area contributed by atoms with Crippen LogP contribution in [0, 0.1) is 17.3 Å². The van der Waals surface area contributed by atoms with Gasteiger partial charge >= 0.3 is 11.9 Å². The first-order valence-electron chi connectivity index (χ1n) is 5.30. The van der Waals surface area contributed by atoms with Crippen LogP contribution in [0.3, 0.4) is 0 Å². The second-order valence-corrected chi connectivity index (χ2v) is 4.40. The number of allylic oxidation sites excluding steroid dienone is 2. The van der Waals surface area contributed by atoms with E-state index < -0.39 is 11.3 Å². The number of carbonyl (C=O) groups excluding carboxylic acids is 2. The second kappa shape index (κ2) is 4.68.